The second-order valence-electron chi connectivity index (χ2n) is 8.46. The van der Waals surface area contributed by atoms with Gasteiger partial charge in [-0.05, 0) is 65.9 Å². The van der Waals surface area contributed by atoms with Crippen molar-refractivity contribution in [1.29, 1.82) is 0 Å². The van der Waals surface area contributed by atoms with Crippen molar-refractivity contribution in [2.24, 2.45) is 0 Å². The van der Waals surface area contributed by atoms with Crippen molar-refractivity contribution in [3.8, 4) is 11.5 Å². The summed E-state index contributed by atoms with van der Waals surface area (Å²) in [7, 11) is 1.60. The molecule has 0 aliphatic rings. The molecule has 5 heteroatoms. The lowest BCUT2D eigenvalue weighted by Gasteiger charge is -2.19. The van der Waals surface area contributed by atoms with Crippen LogP contribution < -0.4 is 14.8 Å². The average Bonchev–Trinajstić information content (AvgIpc) is 2.75. The maximum absolute atomic E-state index is 12.8. The first-order valence-electron chi connectivity index (χ1n) is 10.2. The van der Waals surface area contributed by atoms with Gasteiger partial charge >= 0.3 is 0 Å². The highest BCUT2D eigenvalue weighted by atomic mass is 35.5. The van der Waals surface area contributed by atoms with Gasteiger partial charge in [0.05, 0.1) is 7.11 Å². The van der Waals surface area contributed by atoms with E-state index in [0.717, 1.165) is 16.9 Å². The molecule has 0 fully saturated rings. The van der Waals surface area contributed by atoms with Crippen LogP contribution in [0.3, 0.4) is 0 Å². The van der Waals surface area contributed by atoms with Crippen LogP contribution in [0.4, 0.5) is 5.69 Å². The SMILES string of the molecule is COc1ccc(C(=O)Nc2cccc(Cl)c2C)cc1COc1ccc(C(C)(C)C)cc1. The maximum Gasteiger partial charge on any atom is 0.255 e. The van der Waals surface area contributed by atoms with Crippen LogP contribution in [-0.4, -0.2) is 13.0 Å². The monoisotopic (exact) mass is 437 g/mol. The summed E-state index contributed by atoms with van der Waals surface area (Å²) in [6, 6.07) is 18.8. The smallest absolute Gasteiger partial charge is 0.255 e. The lowest BCUT2D eigenvalue weighted by Crippen LogP contribution is -2.13. The molecule has 0 aromatic heterocycles. The fraction of sp³-hybridized carbons (Fsp3) is 0.269. The summed E-state index contributed by atoms with van der Waals surface area (Å²) < 4.78 is 11.4. The first-order chi connectivity index (χ1) is 14.7. The molecule has 0 aliphatic carbocycles. The number of hydrogen-bond donors (Lipinski definition) is 1. The number of amides is 1. The molecule has 0 bridgehead atoms. The molecule has 0 spiro atoms. The summed E-state index contributed by atoms with van der Waals surface area (Å²) in [6.45, 7) is 8.69. The van der Waals surface area contributed by atoms with Gasteiger partial charge in [-0.1, -0.05) is 50.6 Å². The minimum Gasteiger partial charge on any atom is -0.496 e. The molecule has 0 saturated heterocycles. The summed E-state index contributed by atoms with van der Waals surface area (Å²) >= 11 is 6.16. The molecule has 1 N–H and O–H groups in total. The van der Waals surface area contributed by atoms with Crippen LogP contribution in [-0.2, 0) is 12.0 Å². The third-order valence-corrected chi connectivity index (χ3v) is 5.58. The second-order valence-corrected chi connectivity index (χ2v) is 8.86. The maximum atomic E-state index is 12.8. The molecule has 0 unspecified atom stereocenters. The van der Waals surface area contributed by atoms with Gasteiger partial charge in [0.25, 0.3) is 5.91 Å². The molecule has 3 aromatic carbocycles. The molecule has 0 aliphatic heterocycles. The van der Waals surface area contributed by atoms with Gasteiger partial charge < -0.3 is 14.8 Å². The van der Waals surface area contributed by atoms with Crippen molar-refractivity contribution in [2.45, 2.75) is 39.7 Å². The van der Waals surface area contributed by atoms with Crippen molar-refractivity contribution in [1.82, 2.24) is 0 Å². The fourth-order valence-corrected chi connectivity index (χ4v) is 3.36. The summed E-state index contributed by atoms with van der Waals surface area (Å²) in [5, 5.41) is 3.53. The van der Waals surface area contributed by atoms with Gasteiger partial charge in [0, 0.05) is 21.8 Å². The molecule has 0 radical (unpaired) electrons. The Hall–Kier alpha value is -2.98. The largest absolute Gasteiger partial charge is 0.496 e. The van der Waals surface area contributed by atoms with Crippen molar-refractivity contribution in [2.75, 3.05) is 12.4 Å². The van der Waals surface area contributed by atoms with E-state index < -0.39 is 0 Å². The van der Waals surface area contributed by atoms with Crippen LogP contribution in [0.2, 0.25) is 5.02 Å². The number of hydrogen-bond acceptors (Lipinski definition) is 3. The highest BCUT2D eigenvalue weighted by Gasteiger charge is 2.15. The van der Waals surface area contributed by atoms with Gasteiger partial charge in [-0.25, -0.2) is 0 Å². The minimum absolute atomic E-state index is 0.0881. The van der Waals surface area contributed by atoms with Crippen LogP contribution in [0.5, 0.6) is 11.5 Å². The van der Waals surface area contributed by atoms with Crippen LogP contribution in [0.25, 0.3) is 0 Å². The standard InChI is InChI=1S/C26H28ClNO3/c1-17-22(27)7-6-8-23(17)28-25(29)18-9-14-24(30-5)19(15-18)16-31-21-12-10-20(11-13-21)26(2,3)4/h6-15H,16H2,1-5H3,(H,28,29). The highest BCUT2D eigenvalue weighted by Crippen LogP contribution is 2.27. The van der Waals surface area contributed by atoms with E-state index in [1.807, 2.05) is 31.2 Å². The normalized spacial score (nSPS) is 11.2. The number of nitrogens with one attached hydrogen (secondary N) is 1. The number of anilines is 1. The van der Waals surface area contributed by atoms with E-state index in [1.54, 1.807) is 31.4 Å². The molecule has 0 heterocycles. The topological polar surface area (TPSA) is 47.6 Å². The molecule has 162 valence electrons. The van der Waals surface area contributed by atoms with Crippen molar-refractivity contribution >= 4 is 23.2 Å². The zero-order valence-corrected chi connectivity index (χ0v) is 19.3. The van der Waals surface area contributed by atoms with E-state index in [-0.39, 0.29) is 17.9 Å². The van der Waals surface area contributed by atoms with Gasteiger partial charge in [0.2, 0.25) is 0 Å². The van der Waals surface area contributed by atoms with E-state index in [9.17, 15) is 4.79 Å². The van der Waals surface area contributed by atoms with E-state index in [1.165, 1.54) is 5.56 Å². The summed E-state index contributed by atoms with van der Waals surface area (Å²) in [5.41, 5.74) is 4.15. The summed E-state index contributed by atoms with van der Waals surface area (Å²) in [6.07, 6.45) is 0. The third kappa shape index (κ3) is 5.59. The van der Waals surface area contributed by atoms with E-state index in [0.29, 0.717) is 22.0 Å². The first kappa shape index (κ1) is 22.7. The molecule has 3 rings (SSSR count). The summed E-state index contributed by atoms with van der Waals surface area (Å²) in [4.78, 5) is 12.8. The van der Waals surface area contributed by atoms with Gasteiger partial charge in [-0.15, -0.1) is 0 Å². The minimum atomic E-state index is -0.219. The van der Waals surface area contributed by atoms with E-state index in [4.69, 9.17) is 21.1 Å². The third-order valence-electron chi connectivity index (χ3n) is 5.17. The number of methoxy groups -OCH3 is 1. The zero-order valence-electron chi connectivity index (χ0n) is 18.6. The lowest BCUT2D eigenvalue weighted by atomic mass is 9.87. The number of rotatable bonds is 6. The Kier molecular flexibility index (Phi) is 6.91. The quantitative estimate of drug-likeness (QED) is 0.462. The van der Waals surface area contributed by atoms with E-state index >= 15 is 0 Å². The number of benzene rings is 3. The van der Waals surface area contributed by atoms with Crippen LogP contribution in [0.1, 0.15) is 47.8 Å². The second kappa shape index (κ2) is 9.44. The lowest BCUT2D eigenvalue weighted by molar-refractivity contribution is 0.102. The molecule has 4 nitrogen and oxygen atoms in total. The molecule has 31 heavy (non-hydrogen) atoms. The molecular weight excluding hydrogens is 410 g/mol. The number of halogens is 1. The Morgan fingerprint density at radius 1 is 1.03 bits per heavy atom. The Morgan fingerprint density at radius 3 is 2.39 bits per heavy atom. The van der Waals surface area contributed by atoms with Gasteiger partial charge in [-0.2, -0.15) is 0 Å². The summed E-state index contributed by atoms with van der Waals surface area (Å²) in [5.74, 6) is 1.21. The molecule has 0 atom stereocenters. The Bertz CT molecular complexity index is 1070. The van der Waals surface area contributed by atoms with Crippen LogP contribution in [0, 0.1) is 6.92 Å². The van der Waals surface area contributed by atoms with Gasteiger partial charge in [-0.3, -0.25) is 4.79 Å². The first-order valence-corrected chi connectivity index (χ1v) is 10.5. The average molecular weight is 438 g/mol. The Balaban J connectivity index is 1.75. The van der Waals surface area contributed by atoms with Gasteiger partial charge in [0.15, 0.2) is 0 Å². The predicted molar refractivity (Wildman–Crippen MR) is 127 cm³/mol. The Labute approximate surface area is 189 Å². The molecular formula is C26H28ClNO3. The van der Waals surface area contributed by atoms with Crippen LogP contribution >= 0.6 is 11.6 Å². The molecule has 0 saturated carbocycles. The van der Waals surface area contributed by atoms with Crippen molar-refractivity contribution < 1.29 is 14.3 Å². The fourth-order valence-electron chi connectivity index (χ4n) is 3.18. The van der Waals surface area contributed by atoms with Crippen molar-refractivity contribution in [3.05, 3.63) is 87.9 Å². The molecule has 1 amide bonds. The number of ether oxygens (including phenoxy) is 2. The number of carbonyl (C=O) groups is 1. The van der Waals surface area contributed by atoms with Gasteiger partial charge in [0.1, 0.15) is 18.1 Å². The molecule has 3 aromatic rings. The Morgan fingerprint density at radius 2 is 1.74 bits per heavy atom. The predicted octanol–water partition coefficient (Wildman–Crippen LogP) is 6.79. The highest BCUT2D eigenvalue weighted by molar-refractivity contribution is 6.31. The van der Waals surface area contributed by atoms with E-state index in [2.05, 4.69) is 38.2 Å². The van der Waals surface area contributed by atoms with Crippen molar-refractivity contribution in [3.63, 3.8) is 0 Å². The number of carbonyl (C=O) groups excluding carboxylic acids is 1. The van der Waals surface area contributed by atoms with Crippen LogP contribution in [0.15, 0.2) is 60.7 Å². The zero-order chi connectivity index (χ0) is 22.6.